The molecular formula is C18H25N5O2S. The molecule has 2 aromatic rings. The molecule has 0 amide bonds. The van der Waals surface area contributed by atoms with E-state index in [2.05, 4.69) is 24.9 Å². The van der Waals surface area contributed by atoms with Gasteiger partial charge in [-0.1, -0.05) is 18.2 Å². The maximum atomic E-state index is 12.2. The highest BCUT2D eigenvalue weighted by Crippen LogP contribution is 2.20. The van der Waals surface area contributed by atoms with E-state index in [4.69, 9.17) is 0 Å². The van der Waals surface area contributed by atoms with E-state index in [0.717, 1.165) is 24.7 Å². The normalized spacial score (nSPS) is 15.0. The molecule has 26 heavy (non-hydrogen) atoms. The molecule has 0 unspecified atom stereocenters. The van der Waals surface area contributed by atoms with Crippen molar-refractivity contribution in [3.63, 3.8) is 0 Å². The average Bonchev–Trinajstić information content (AvgIpc) is 2.66. The number of sulfonamides is 1. The maximum Gasteiger partial charge on any atom is 0.240 e. The first-order valence-corrected chi connectivity index (χ1v) is 10.4. The largest absolute Gasteiger partial charge is 0.369 e. The Labute approximate surface area is 154 Å². The van der Waals surface area contributed by atoms with Gasteiger partial charge >= 0.3 is 0 Å². The third kappa shape index (κ3) is 4.92. The van der Waals surface area contributed by atoms with E-state index in [1.165, 1.54) is 19.3 Å². The van der Waals surface area contributed by atoms with Crippen molar-refractivity contribution >= 4 is 21.7 Å². The van der Waals surface area contributed by atoms with Crippen LogP contribution in [0.3, 0.4) is 0 Å². The summed E-state index contributed by atoms with van der Waals surface area (Å²) in [5, 5.41) is 3.18. The molecule has 1 aromatic heterocycles. The second-order valence-electron chi connectivity index (χ2n) is 6.34. The monoisotopic (exact) mass is 375 g/mol. The van der Waals surface area contributed by atoms with Gasteiger partial charge in [0.1, 0.15) is 17.5 Å². The van der Waals surface area contributed by atoms with Crippen molar-refractivity contribution in [2.24, 2.45) is 0 Å². The number of piperidine rings is 1. The molecule has 0 saturated carbocycles. The van der Waals surface area contributed by atoms with Gasteiger partial charge in [-0.2, -0.15) is 0 Å². The number of aromatic nitrogens is 2. The zero-order valence-electron chi connectivity index (χ0n) is 15.0. The molecule has 1 aromatic carbocycles. The first-order chi connectivity index (χ1) is 12.5. The average molecular weight is 375 g/mol. The third-order valence-electron chi connectivity index (χ3n) is 4.28. The predicted octanol–water partition coefficient (Wildman–Crippen LogP) is 2.17. The lowest BCUT2D eigenvalue weighted by molar-refractivity contribution is 0.572. The first kappa shape index (κ1) is 18.6. The lowest BCUT2D eigenvalue weighted by Gasteiger charge is -2.28. The van der Waals surface area contributed by atoms with Gasteiger partial charge < -0.3 is 10.2 Å². The Morgan fingerprint density at radius 3 is 2.50 bits per heavy atom. The lowest BCUT2D eigenvalue weighted by Crippen LogP contribution is -2.31. The molecule has 8 heteroatoms. The molecule has 0 spiro atoms. The van der Waals surface area contributed by atoms with Crippen molar-refractivity contribution in [3.8, 4) is 0 Å². The predicted molar refractivity (Wildman–Crippen MR) is 103 cm³/mol. The van der Waals surface area contributed by atoms with E-state index in [9.17, 15) is 8.42 Å². The number of rotatable bonds is 7. The Morgan fingerprint density at radius 1 is 1.04 bits per heavy atom. The summed E-state index contributed by atoms with van der Waals surface area (Å²) in [4.78, 5) is 11.5. The number of nitrogens with zero attached hydrogens (tertiary/aromatic N) is 3. The topological polar surface area (TPSA) is 87.2 Å². The molecule has 0 atom stereocenters. The molecule has 2 N–H and O–H groups in total. The summed E-state index contributed by atoms with van der Waals surface area (Å²) in [6, 6.07) is 10.3. The molecule has 2 heterocycles. The summed E-state index contributed by atoms with van der Waals surface area (Å²) in [5.74, 6) is 2.36. The zero-order chi connectivity index (χ0) is 18.4. The van der Waals surface area contributed by atoms with Crippen molar-refractivity contribution in [2.75, 3.05) is 36.4 Å². The van der Waals surface area contributed by atoms with Crippen LogP contribution >= 0.6 is 0 Å². The Morgan fingerprint density at radius 2 is 1.77 bits per heavy atom. The number of hydrogen-bond acceptors (Lipinski definition) is 6. The minimum absolute atomic E-state index is 0.269. The van der Waals surface area contributed by atoms with Gasteiger partial charge in [0.15, 0.2) is 0 Å². The van der Waals surface area contributed by atoms with Crippen molar-refractivity contribution in [3.05, 3.63) is 42.2 Å². The van der Waals surface area contributed by atoms with Crippen LogP contribution in [0.25, 0.3) is 0 Å². The smallest absolute Gasteiger partial charge is 0.240 e. The summed E-state index contributed by atoms with van der Waals surface area (Å²) in [7, 11) is -3.48. The van der Waals surface area contributed by atoms with E-state index >= 15 is 0 Å². The van der Waals surface area contributed by atoms with Crippen LogP contribution in [0.4, 0.5) is 11.6 Å². The summed E-state index contributed by atoms with van der Waals surface area (Å²) >= 11 is 0. The van der Waals surface area contributed by atoms with Crippen LogP contribution in [0.15, 0.2) is 41.3 Å². The summed E-state index contributed by atoms with van der Waals surface area (Å²) in [6.07, 6.45) is 3.65. The summed E-state index contributed by atoms with van der Waals surface area (Å²) in [6.45, 7) is 4.64. The molecule has 140 valence electrons. The molecule has 0 aliphatic carbocycles. The standard InChI is InChI=1S/C18H25N5O2S/c1-15-21-17(14-18(22-15)23-12-6-3-7-13-23)19-10-11-20-26(24,25)16-8-4-2-5-9-16/h2,4-5,8-9,14,20H,3,6-7,10-13H2,1H3,(H,19,21,22). The van der Waals surface area contributed by atoms with Crippen molar-refractivity contribution < 1.29 is 8.42 Å². The van der Waals surface area contributed by atoms with Gasteiger partial charge in [-0.15, -0.1) is 0 Å². The van der Waals surface area contributed by atoms with Crippen molar-refractivity contribution in [2.45, 2.75) is 31.1 Å². The quantitative estimate of drug-likeness (QED) is 0.721. The molecular weight excluding hydrogens is 350 g/mol. The number of hydrogen-bond donors (Lipinski definition) is 2. The van der Waals surface area contributed by atoms with Crippen molar-refractivity contribution in [1.29, 1.82) is 0 Å². The lowest BCUT2D eigenvalue weighted by atomic mass is 10.1. The Bertz CT molecular complexity index is 821. The fourth-order valence-corrected chi connectivity index (χ4v) is 4.04. The summed E-state index contributed by atoms with van der Waals surface area (Å²) < 4.78 is 27.0. The highest BCUT2D eigenvalue weighted by molar-refractivity contribution is 7.89. The maximum absolute atomic E-state index is 12.2. The Hall–Kier alpha value is -2.19. The molecule has 0 bridgehead atoms. The Kier molecular flexibility index (Phi) is 6.05. The fourth-order valence-electron chi connectivity index (χ4n) is 2.99. The van der Waals surface area contributed by atoms with E-state index in [-0.39, 0.29) is 11.4 Å². The van der Waals surface area contributed by atoms with Gasteiger partial charge in [0.25, 0.3) is 0 Å². The van der Waals surface area contributed by atoms with E-state index in [0.29, 0.717) is 12.4 Å². The SMILES string of the molecule is Cc1nc(NCCNS(=O)(=O)c2ccccc2)cc(N2CCCCC2)n1. The van der Waals surface area contributed by atoms with Gasteiger partial charge in [0.2, 0.25) is 10.0 Å². The third-order valence-corrected chi connectivity index (χ3v) is 5.76. The Balaban J connectivity index is 1.55. The van der Waals surface area contributed by atoms with Gasteiger partial charge in [-0.05, 0) is 38.3 Å². The second-order valence-corrected chi connectivity index (χ2v) is 8.11. The van der Waals surface area contributed by atoms with Crippen LogP contribution in [0.1, 0.15) is 25.1 Å². The molecule has 0 radical (unpaired) electrons. The van der Waals surface area contributed by atoms with Gasteiger partial charge in [-0.25, -0.2) is 23.1 Å². The molecule has 1 aliphatic heterocycles. The zero-order valence-corrected chi connectivity index (χ0v) is 15.8. The van der Waals surface area contributed by atoms with E-state index in [1.807, 2.05) is 13.0 Å². The molecule has 3 rings (SSSR count). The van der Waals surface area contributed by atoms with Gasteiger partial charge in [0, 0.05) is 32.2 Å². The highest BCUT2D eigenvalue weighted by Gasteiger charge is 2.14. The molecule has 7 nitrogen and oxygen atoms in total. The van der Waals surface area contributed by atoms with E-state index in [1.54, 1.807) is 30.3 Å². The van der Waals surface area contributed by atoms with Crippen molar-refractivity contribution in [1.82, 2.24) is 14.7 Å². The van der Waals surface area contributed by atoms with Crippen LogP contribution in [0.5, 0.6) is 0 Å². The fraction of sp³-hybridized carbons (Fsp3) is 0.444. The summed E-state index contributed by atoms with van der Waals surface area (Å²) in [5.41, 5.74) is 0. The number of benzene rings is 1. The van der Waals surface area contributed by atoms with Crippen LogP contribution in [0, 0.1) is 6.92 Å². The molecule has 1 saturated heterocycles. The first-order valence-electron chi connectivity index (χ1n) is 8.94. The number of anilines is 2. The van der Waals surface area contributed by atoms with Crippen LogP contribution in [-0.2, 0) is 10.0 Å². The number of nitrogens with one attached hydrogen (secondary N) is 2. The minimum Gasteiger partial charge on any atom is -0.369 e. The van der Waals surface area contributed by atoms with Gasteiger partial charge in [0.05, 0.1) is 4.90 Å². The minimum atomic E-state index is -3.48. The van der Waals surface area contributed by atoms with E-state index < -0.39 is 10.0 Å². The van der Waals surface area contributed by atoms with Gasteiger partial charge in [-0.3, -0.25) is 0 Å². The van der Waals surface area contributed by atoms with Crippen LogP contribution < -0.4 is 14.9 Å². The molecule has 1 fully saturated rings. The highest BCUT2D eigenvalue weighted by atomic mass is 32.2. The second kappa shape index (κ2) is 8.46. The van der Waals surface area contributed by atoms with Crippen LogP contribution in [0.2, 0.25) is 0 Å². The van der Waals surface area contributed by atoms with Crippen LogP contribution in [-0.4, -0.2) is 44.6 Å². The molecule has 1 aliphatic rings. The number of aryl methyl sites for hydroxylation is 1.